The summed E-state index contributed by atoms with van der Waals surface area (Å²) in [5.74, 6) is 0.161. The van der Waals surface area contributed by atoms with Gasteiger partial charge >= 0.3 is 6.61 Å². The van der Waals surface area contributed by atoms with Crippen molar-refractivity contribution in [2.75, 3.05) is 0 Å². The zero-order valence-electron chi connectivity index (χ0n) is 10.1. The fraction of sp³-hybridized carbons (Fsp3) is 0.429. The van der Waals surface area contributed by atoms with Gasteiger partial charge in [0, 0.05) is 0 Å². The Hall–Kier alpha value is -1.42. The first kappa shape index (κ1) is 13.0. The lowest BCUT2D eigenvalue weighted by Crippen LogP contribution is -2.15. The van der Waals surface area contributed by atoms with E-state index in [-0.39, 0.29) is 11.8 Å². The van der Waals surface area contributed by atoms with Gasteiger partial charge in [0.2, 0.25) is 0 Å². The third kappa shape index (κ3) is 3.29. The molecule has 2 N–H and O–H groups in total. The van der Waals surface area contributed by atoms with Crippen LogP contribution in [0.5, 0.6) is 5.75 Å². The number of hydrogen-bond donors (Lipinski definition) is 1. The van der Waals surface area contributed by atoms with Gasteiger partial charge in [-0.15, -0.1) is 0 Å². The molecule has 0 spiro atoms. The van der Waals surface area contributed by atoms with Crippen LogP contribution in [0.1, 0.15) is 37.3 Å². The molecular formula is C14H17F2NO. The van der Waals surface area contributed by atoms with Crippen molar-refractivity contribution in [1.29, 1.82) is 0 Å². The maximum absolute atomic E-state index is 12.1. The molecule has 2 nitrogen and oxygen atoms in total. The molecule has 18 heavy (non-hydrogen) atoms. The third-order valence-corrected chi connectivity index (χ3v) is 3.17. The van der Waals surface area contributed by atoms with E-state index in [9.17, 15) is 8.78 Å². The zero-order chi connectivity index (χ0) is 13.0. The van der Waals surface area contributed by atoms with Crippen LogP contribution in [0, 0.1) is 0 Å². The monoisotopic (exact) mass is 253 g/mol. The molecule has 2 rings (SSSR count). The van der Waals surface area contributed by atoms with Crippen LogP contribution in [-0.4, -0.2) is 6.61 Å². The first-order valence-corrected chi connectivity index (χ1v) is 6.16. The van der Waals surface area contributed by atoms with Crippen LogP contribution >= 0.6 is 0 Å². The molecule has 0 fully saturated rings. The van der Waals surface area contributed by atoms with Gasteiger partial charge in [-0.2, -0.15) is 8.78 Å². The largest absolute Gasteiger partial charge is 0.435 e. The Morgan fingerprint density at radius 3 is 2.72 bits per heavy atom. The number of alkyl halides is 2. The summed E-state index contributed by atoms with van der Waals surface area (Å²) in [6.45, 7) is -2.80. The molecule has 0 amide bonds. The molecule has 4 heteroatoms. The molecule has 0 bridgehead atoms. The molecule has 0 heterocycles. The van der Waals surface area contributed by atoms with Gasteiger partial charge in [-0.05, 0) is 43.4 Å². The Bertz CT molecular complexity index is 432. The van der Waals surface area contributed by atoms with Crippen molar-refractivity contribution in [3.63, 3.8) is 0 Å². The SMILES string of the molecule is NC(C1=CCCCC1)c1cccc(OC(F)F)c1. The van der Waals surface area contributed by atoms with E-state index in [0.29, 0.717) is 0 Å². The van der Waals surface area contributed by atoms with E-state index in [2.05, 4.69) is 10.8 Å². The normalized spacial score (nSPS) is 17.4. The number of ether oxygens (including phenoxy) is 1. The summed E-state index contributed by atoms with van der Waals surface area (Å²) in [6, 6.07) is 6.42. The van der Waals surface area contributed by atoms with Gasteiger partial charge in [-0.1, -0.05) is 23.8 Å². The van der Waals surface area contributed by atoms with Crippen LogP contribution in [0.2, 0.25) is 0 Å². The summed E-state index contributed by atoms with van der Waals surface area (Å²) in [7, 11) is 0. The summed E-state index contributed by atoms with van der Waals surface area (Å²) in [6.07, 6.45) is 6.55. The van der Waals surface area contributed by atoms with Crippen molar-refractivity contribution in [1.82, 2.24) is 0 Å². The molecule has 0 saturated carbocycles. The van der Waals surface area contributed by atoms with Crippen LogP contribution in [0.15, 0.2) is 35.9 Å². The molecular weight excluding hydrogens is 236 g/mol. The van der Waals surface area contributed by atoms with Crippen LogP contribution in [0.4, 0.5) is 8.78 Å². The molecule has 1 aromatic carbocycles. The molecule has 1 aliphatic rings. The van der Waals surface area contributed by atoms with Crippen molar-refractivity contribution in [2.24, 2.45) is 5.73 Å². The van der Waals surface area contributed by atoms with E-state index < -0.39 is 6.61 Å². The van der Waals surface area contributed by atoms with Crippen LogP contribution < -0.4 is 10.5 Å². The zero-order valence-corrected chi connectivity index (χ0v) is 10.1. The van der Waals surface area contributed by atoms with Gasteiger partial charge in [0.15, 0.2) is 0 Å². The molecule has 1 atom stereocenters. The highest BCUT2D eigenvalue weighted by molar-refractivity contribution is 5.35. The van der Waals surface area contributed by atoms with Crippen molar-refractivity contribution in [3.05, 3.63) is 41.5 Å². The first-order chi connectivity index (χ1) is 8.66. The maximum atomic E-state index is 12.1. The van der Waals surface area contributed by atoms with Gasteiger partial charge in [-0.25, -0.2) is 0 Å². The number of allylic oxidation sites excluding steroid dienone is 1. The minimum absolute atomic E-state index is 0.161. The maximum Gasteiger partial charge on any atom is 0.387 e. The van der Waals surface area contributed by atoms with Gasteiger partial charge in [0.05, 0.1) is 6.04 Å². The fourth-order valence-corrected chi connectivity index (χ4v) is 2.24. The second-order valence-corrected chi connectivity index (χ2v) is 4.45. The van der Waals surface area contributed by atoms with E-state index in [1.165, 1.54) is 18.1 Å². The van der Waals surface area contributed by atoms with Crippen molar-refractivity contribution in [2.45, 2.75) is 38.3 Å². The standard InChI is InChI=1S/C14H17F2NO/c15-14(16)18-12-8-4-7-11(9-12)13(17)10-5-2-1-3-6-10/h4-5,7-9,13-14H,1-3,6,17H2. The average Bonchev–Trinajstić information content (AvgIpc) is 2.38. The van der Waals surface area contributed by atoms with E-state index >= 15 is 0 Å². The molecule has 1 aliphatic carbocycles. The van der Waals surface area contributed by atoms with E-state index in [1.807, 2.05) is 6.07 Å². The molecule has 0 radical (unpaired) electrons. The lowest BCUT2D eigenvalue weighted by molar-refractivity contribution is -0.0498. The van der Waals surface area contributed by atoms with E-state index in [4.69, 9.17) is 5.73 Å². The Morgan fingerprint density at radius 2 is 2.06 bits per heavy atom. The second kappa shape index (κ2) is 5.96. The highest BCUT2D eigenvalue weighted by atomic mass is 19.3. The quantitative estimate of drug-likeness (QED) is 0.828. The van der Waals surface area contributed by atoms with Gasteiger partial charge < -0.3 is 10.5 Å². The summed E-state index contributed by atoms with van der Waals surface area (Å²) >= 11 is 0. The third-order valence-electron chi connectivity index (χ3n) is 3.17. The number of nitrogens with two attached hydrogens (primary N) is 1. The topological polar surface area (TPSA) is 35.2 Å². The second-order valence-electron chi connectivity index (χ2n) is 4.45. The van der Waals surface area contributed by atoms with E-state index in [1.54, 1.807) is 12.1 Å². The highest BCUT2D eigenvalue weighted by Gasteiger charge is 2.15. The summed E-state index contributed by atoms with van der Waals surface area (Å²) in [5, 5.41) is 0. The lowest BCUT2D eigenvalue weighted by atomic mass is 9.90. The smallest absolute Gasteiger partial charge is 0.387 e. The highest BCUT2D eigenvalue weighted by Crippen LogP contribution is 2.29. The predicted molar refractivity (Wildman–Crippen MR) is 66.6 cm³/mol. The van der Waals surface area contributed by atoms with Gasteiger partial charge in [0.1, 0.15) is 5.75 Å². The summed E-state index contributed by atoms with van der Waals surface area (Å²) < 4.78 is 28.7. The van der Waals surface area contributed by atoms with Crippen LogP contribution in [0.3, 0.4) is 0 Å². The summed E-state index contributed by atoms with van der Waals surface area (Å²) in [5.41, 5.74) is 8.17. The van der Waals surface area contributed by atoms with Crippen LogP contribution in [0.25, 0.3) is 0 Å². The van der Waals surface area contributed by atoms with Crippen molar-refractivity contribution >= 4 is 0 Å². The Labute approximate surface area is 105 Å². The fourth-order valence-electron chi connectivity index (χ4n) is 2.24. The molecule has 0 aliphatic heterocycles. The number of rotatable bonds is 4. The van der Waals surface area contributed by atoms with Gasteiger partial charge in [0.25, 0.3) is 0 Å². The van der Waals surface area contributed by atoms with Gasteiger partial charge in [-0.3, -0.25) is 0 Å². The lowest BCUT2D eigenvalue weighted by Gasteiger charge is -2.20. The number of hydrogen-bond acceptors (Lipinski definition) is 2. The van der Waals surface area contributed by atoms with Crippen molar-refractivity contribution in [3.8, 4) is 5.75 Å². The van der Waals surface area contributed by atoms with E-state index in [0.717, 1.165) is 24.8 Å². The number of benzene rings is 1. The Balaban J connectivity index is 2.14. The molecule has 1 unspecified atom stereocenters. The minimum atomic E-state index is -2.80. The Kier molecular flexibility index (Phi) is 4.31. The molecule has 1 aromatic rings. The molecule has 0 saturated heterocycles. The Morgan fingerprint density at radius 1 is 1.22 bits per heavy atom. The predicted octanol–water partition coefficient (Wildman–Crippen LogP) is 3.79. The van der Waals surface area contributed by atoms with Crippen molar-refractivity contribution < 1.29 is 13.5 Å². The number of halogens is 2. The minimum Gasteiger partial charge on any atom is -0.435 e. The molecule has 0 aromatic heterocycles. The molecule has 98 valence electrons. The first-order valence-electron chi connectivity index (χ1n) is 6.16. The average molecular weight is 253 g/mol. The summed E-state index contributed by atoms with van der Waals surface area (Å²) in [4.78, 5) is 0. The van der Waals surface area contributed by atoms with Crippen LogP contribution in [-0.2, 0) is 0 Å².